The van der Waals surface area contributed by atoms with Crippen LogP contribution in [0.25, 0.3) is 10.9 Å². The second-order valence-electron chi connectivity index (χ2n) is 7.38. The van der Waals surface area contributed by atoms with Crippen LogP contribution < -0.4 is 9.47 Å². The molecule has 0 amide bonds. The second-order valence-corrected chi connectivity index (χ2v) is 8.19. The fourth-order valence-electron chi connectivity index (χ4n) is 3.90. The molecule has 1 aliphatic rings. The highest BCUT2D eigenvalue weighted by Gasteiger charge is 2.18. The Labute approximate surface area is 178 Å². The fraction of sp³-hybridized carbons (Fsp3) is 0.318. The Kier molecular flexibility index (Phi) is 5.88. The molecule has 0 aliphatic heterocycles. The first-order valence-electron chi connectivity index (χ1n) is 9.61. The van der Waals surface area contributed by atoms with E-state index in [1.54, 1.807) is 0 Å². The van der Waals surface area contributed by atoms with E-state index in [4.69, 9.17) is 37.8 Å². The molecule has 0 spiro atoms. The highest BCUT2D eigenvalue weighted by atomic mass is 35.5. The maximum atomic E-state index is 10.7. The Morgan fingerprint density at radius 3 is 2.52 bits per heavy atom. The van der Waals surface area contributed by atoms with Gasteiger partial charge in [0.1, 0.15) is 11.5 Å². The number of aliphatic carboxylic acids is 1. The summed E-state index contributed by atoms with van der Waals surface area (Å²) in [4.78, 5) is 14.0. The standard InChI is InChI=1S/C22H21Cl2NO4/c23-18-9-16(28-12-21(26)27)10-19(24)22(18)29-15-5-6-20-17(8-15)14(11-25-20)7-13-3-1-2-4-13/h5-6,8-11,13,25H,1-4,7,12H2,(H,26,27). The zero-order chi connectivity index (χ0) is 20.4. The first-order valence-corrected chi connectivity index (χ1v) is 10.4. The van der Waals surface area contributed by atoms with Gasteiger partial charge in [-0.3, -0.25) is 0 Å². The molecule has 1 aliphatic carbocycles. The average molecular weight is 434 g/mol. The van der Waals surface area contributed by atoms with Crippen LogP contribution in [0.2, 0.25) is 10.0 Å². The number of ether oxygens (including phenoxy) is 2. The van der Waals surface area contributed by atoms with E-state index in [2.05, 4.69) is 11.2 Å². The van der Waals surface area contributed by atoms with Crippen LogP contribution >= 0.6 is 23.2 Å². The lowest BCUT2D eigenvalue weighted by atomic mass is 9.98. The SMILES string of the molecule is O=C(O)COc1cc(Cl)c(Oc2ccc3[nH]cc(CC4CCCC4)c3c2)c(Cl)c1. The molecule has 0 saturated heterocycles. The molecule has 7 heteroatoms. The molecule has 1 saturated carbocycles. The minimum Gasteiger partial charge on any atom is -0.482 e. The van der Waals surface area contributed by atoms with Gasteiger partial charge < -0.3 is 19.6 Å². The molecule has 0 bridgehead atoms. The third-order valence-electron chi connectivity index (χ3n) is 5.28. The summed E-state index contributed by atoms with van der Waals surface area (Å²) in [7, 11) is 0. The number of carbonyl (C=O) groups is 1. The molecule has 29 heavy (non-hydrogen) atoms. The first kappa shape index (κ1) is 19.9. The number of halogens is 2. The van der Waals surface area contributed by atoms with Gasteiger partial charge in [-0.25, -0.2) is 4.79 Å². The van der Waals surface area contributed by atoms with Crippen LogP contribution in [0.15, 0.2) is 36.5 Å². The van der Waals surface area contributed by atoms with Gasteiger partial charge in [0, 0.05) is 29.2 Å². The predicted molar refractivity (Wildman–Crippen MR) is 114 cm³/mol. The Bertz CT molecular complexity index is 1020. The number of H-pyrrole nitrogens is 1. The third-order valence-corrected chi connectivity index (χ3v) is 5.84. The Morgan fingerprint density at radius 2 is 1.83 bits per heavy atom. The zero-order valence-electron chi connectivity index (χ0n) is 15.7. The highest BCUT2D eigenvalue weighted by Crippen LogP contribution is 2.40. The van der Waals surface area contributed by atoms with Crippen molar-refractivity contribution in [3.8, 4) is 17.2 Å². The molecule has 2 N–H and O–H groups in total. The summed E-state index contributed by atoms with van der Waals surface area (Å²) in [5.74, 6) is 0.886. The Hall–Kier alpha value is -2.37. The molecule has 152 valence electrons. The molecule has 4 rings (SSSR count). The summed E-state index contributed by atoms with van der Waals surface area (Å²) in [5.41, 5.74) is 2.37. The van der Waals surface area contributed by atoms with E-state index in [9.17, 15) is 4.79 Å². The van der Waals surface area contributed by atoms with Crippen molar-refractivity contribution in [1.82, 2.24) is 4.98 Å². The van der Waals surface area contributed by atoms with Crippen LogP contribution in [0.3, 0.4) is 0 Å². The minimum atomic E-state index is -1.08. The second kappa shape index (κ2) is 8.56. The highest BCUT2D eigenvalue weighted by molar-refractivity contribution is 6.37. The van der Waals surface area contributed by atoms with Crippen molar-refractivity contribution < 1.29 is 19.4 Å². The van der Waals surface area contributed by atoms with Crippen LogP contribution in [0.1, 0.15) is 31.2 Å². The molecule has 0 atom stereocenters. The van der Waals surface area contributed by atoms with Gasteiger partial charge in [-0.1, -0.05) is 48.9 Å². The number of carboxylic acid groups (broad SMARTS) is 1. The van der Waals surface area contributed by atoms with Gasteiger partial charge in [0.15, 0.2) is 12.4 Å². The van der Waals surface area contributed by atoms with Gasteiger partial charge in [0.2, 0.25) is 0 Å². The van der Waals surface area contributed by atoms with E-state index in [1.165, 1.54) is 43.4 Å². The number of nitrogens with one attached hydrogen (secondary N) is 1. The van der Waals surface area contributed by atoms with Crippen molar-refractivity contribution in [2.24, 2.45) is 5.92 Å². The summed E-state index contributed by atoms with van der Waals surface area (Å²) < 4.78 is 11.1. The van der Waals surface area contributed by atoms with E-state index in [0.717, 1.165) is 23.2 Å². The summed E-state index contributed by atoms with van der Waals surface area (Å²) in [6.07, 6.45) is 8.39. The van der Waals surface area contributed by atoms with Gasteiger partial charge in [0.05, 0.1) is 10.0 Å². The Morgan fingerprint density at radius 1 is 1.10 bits per heavy atom. The lowest BCUT2D eigenvalue weighted by molar-refractivity contribution is -0.139. The van der Waals surface area contributed by atoms with Crippen LogP contribution in [0.4, 0.5) is 0 Å². The molecule has 5 nitrogen and oxygen atoms in total. The number of aromatic amines is 1. The van der Waals surface area contributed by atoms with Crippen molar-refractivity contribution in [3.05, 3.63) is 52.1 Å². The van der Waals surface area contributed by atoms with Crippen LogP contribution in [-0.4, -0.2) is 22.7 Å². The number of fused-ring (bicyclic) bond motifs is 1. The van der Waals surface area contributed by atoms with Gasteiger partial charge in [0.25, 0.3) is 0 Å². The lowest BCUT2D eigenvalue weighted by Gasteiger charge is -2.12. The molecule has 1 heterocycles. The number of benzene rings is 2. The number of hydrogen-bond acceptors (Lipinski definition) is 3. The van der Waals surface area contributed by atoms with Crippen LogP contribution in [0, 0.1) is 5.92 Å². The van der Waals surface area contributed by atoms with Gasteiger partial charge in [-0.15, -0.1) is 0 Å². The molecule has 1 fully saturated rings. The first-order chi connectivity index (χ1) is 14.0. The van der Waals surface area contributed by atoms with Gasteiger partial charge in [-0.05, 0) is 36.1 Å². The van der Waals surface area contributed by atoms with Crippen molar-refractivity contribution in [3.63, 3.8) is 0 Å². The average Bonchev–Trinajstić information content (AvgIpc) is 3.33. The van der Waals surface area contributed by atoms with Crippen LogP contribution in [0.5, 0.6) is 17.2 Å². The smallest absolute Gasteiger partial charge is 0.341 e. The molecule has 0 radical (unpaired) electrons. The molecular weight excluding hydrogens is 413 g/mol. The minimum absolute atomic E-state index is 0.248. The van der Waals surface area contributed by atoms with E-state index in [1.807, 2.05) is 18.2 Å². The quantitative estimate of drug-likeness (QED) is 0.448. The van der Waals surface area contributed by atoms with Gasteiger partial charge in [-0.2, -0.15) is 0 Å². The van der Waals surface area contributed by atoms with Crippen molar-refractivity contribution >= 4 is 40.1 Å². The summed E-state index contributed by atoms with van der Waals surface area (Å²) in [6, 6.07) is 8.82. The molecule has 3 aromatic rings. The maximum Gasteiger partial charge on any atom is 0.341 e. The topological polar surface area (TPSA) is 71.6 Å². The number of rotatable bonds is 7. The van der Waals surface area contributed by atoms with Crippen LogP contribution in [-0.2, 0) is 11.2 Å². The molecule has 0 unspecified atom stereocenters. The lowest BCUT2D eigenvalue weighted by Crippen LogP contribution is -2.09. The normalized spacial score (nSPS) is 14.4. The molecule has 1 aromatic heterocycles. The monoisotopic (exact) mass is 433 g/mol. The van der Waals surface area contributed by atoms with Crippen molar-refractivity contribution in [2.45, 2.75) is 32.1 Å². The summed E-state index contributed by atoms with van der Waals surface area (Å²) >= 11 is 12.6. The predicted octanol–water partition coefficient (Wildman–Crippen LogP) is 6.46. The van der Waals surface area contributed by atoms with Crippen molar-refractivity contribution in [1.29, 1.82) is 0 Å². The van der Waals surface area contributed by atoms with Gasteiger partial charge >= 0.3 is 5.97 Å². The summed E-state index contributed by atoms with van der Waals surface area (Å²) in [6.45, 7) is -0.471. The number of hydrogen-bond donors (Lipinski definition) is 2. The van der Waals surface area contributed by atoms with Crippen molar-refractivity contribution in [2.75, 3.05) is 6.61 Å². The van der Waals surface area contributed by atoms with E-state index in [-0.39, 0.29) is 15.8 Å². The number of carboxylic acids is 1. The fourth-order valence-corrected chi connectivity index (χ4v) is 4.44. The Balaban J connectivity index is 1.56. The zero-order valence-corrected chi connectivity index (χ0v) is 17.2. The molecule has 2 aromatic carbocycles. The van der Waals surface area contributed by atoms with E-state index >= 15 is 0 Å². The summed E-state index contributed by atoms with van der Waals surface area (Å²) in [5, 5.41) is 10.4. The third kappa shape index (κ3) is 4.62. The maximum absolute atomic E-state index is 10.7. The molecular formula is C22H21Cl2NO4. The van der Waals surface area contributed by atoms with E-state index < -0.39 is 12.6 Å². The number of aromatic nitrogens is 1. The van der Waals surface area contributed by atoms with E-state index in [0.29, 0.717) is 11.5 Å². The largest absolute Gasteiger partial charge is 0.482 e.